The number of nitrogens with zero attached hydrogens (tertiary/aromatic N) is 1. The molecule has 19 heavy (non-hydrogen) atoms. The quantitative estimate of drug-likeness (QED) is 0.942. The first-order chi connectivity index (χ1) is 8.97. The van der Waals surface area contributed by atoms with E-state index < -0.39 is 9.84 Å². The van der Waals surface area contributed by atoms with Gasteiger partial charge >= 0.3 is 0 Å². The topological polar surface area (TPSA) is 59.1 Å². The molecule has 0 bridgehead atoms. The van der Waals surface area contributed by atoms with E-state index in [4.69, 9.17) is 11.6 Å². The van der Waals surface area contributed by atoms with Crippen LogP contribution in [0.1, 0.15) is 5.56 Å². The fraction of sp³-hybridized carbons (Fsp3) is 0.154. The maximum atomic E-state index is 11.6. The summed E-state index contributed by atoms with van der Waals surface area (Å²) in [5, 5.41) is 3.66. The summed E-state index contributed by atoms with van der Waals surface area (Å²) >= 11 is 5.89. The van der Waals surface area contributed by atoms with Crippen molar-refractivity contribution in [2.24, 2.45) is 0 Å². The van der Waals surface area contributed by atoms with Gasteiger partial charge in [0.05, 0.1) is 0 Å². The number of nitrogens with one attached hydrogen (secondary N) is 1. The molecule has 0 atom stereocenters. The van der Waals surface area contributed by atoms with Gasteiger partial charge in [-0.15, -0.1) is 0 Å². The lowest BCUT2D eigenvalue weighted by Gasteiger charge is -2.09. The van der Waals surface area contributed by atoms with Crippen molar-refractivity contribution < 1.29 is 8.42 Å². The SMILES string of the molecule is CS(=O)(=O)c1cccnc1NCc1cccc(Cl)c1. The Labute approximate surface area is 117 Å². The summed E-state index contributed by atoms with van der Waals surface area (Å²) in [5.74, 6) is 0.352. The van der Waals surface area contributed by atoms with Crippen LogP contribution < -0.4 is 5.32 Å². The van der Waals surface area contributed by atoms with Crippen molar-refractivity contribution >= 4 is 27.3 Å². The second-order valence-electron chi connectivity index (χ2n) is 4.11. The Morgan fingerprint density at radius 1 is 1.26 bits per heavy atom. The van der Waals surface area contributed by atoms with Crippen LogP contribution in [0.25, 0.3) is 0 Å². The zero-order valence-corrected chi connectivity index (χ0v) is 11.9. The summed E-state index contributed by atoms with van der Waals surface area (Å²) in [5.41, 5.74) is 0.956. The van der Waals surface area contributed by atoms with Crippen molar-refractivity contribution in [1.82, 2.24) is 4.98 Å². The third-order valence-corrected chi connectivity index (χ3v) is 3.88. The molecule has 0 radical (unpaired) electrons. The molecular formula is C13H13ClN2O2S. The molecule has 0 aliphatic rings. The van der Waals surface area contributed by atoms with Gasteiger partial charge in [0.1, 0.15) is 10.7 Å². The van der Waals surface area contributed by atoms with Crippen LogP contribution in [-0.2, 0) is 16.4 Å². The van der Waals surface area contributed by atoms with Gasteiger partial charge in [0.15, 0.2) is 9.84 Å². The van der Waals surface area contributed by atoms with Gasteiger partial charge in [-0.05, 0) is 29.8 Å². The third-order valence-electron chi connectivity index (χ3n) is 2.52. The smallest absolute Gasteiger partial charge is 0.179 e. The van der Waals surface area contributed by atoms with E-state index in [1.807, 2.05) is 18.2 Å². The van der Waals surface area contributed by atoms with Crippen LogP contribution in [0.15, 0.2) is 47.5 Å². The predicted molar refractivity (Wildman–Crippen MR) is 76.1 cm³/mol. The molecule has 6 heteroatoms. The van der Waals surface area contributed by atoms with E-state index in [9.17, 15) is 8.42 Å². The molecule has 100 valence electrons. The standard InChI is InChI=1S/C13H13ClN2O2S/c1-19(17,18)12-6-3-7-15-13(12)16-9-10-4-2-5-11(14)8-10/h2-8H,9H2,1H3,(H,15,16). The predicted octanol–water partition coefficient (Wildman–Crippen LogP) is 2.75. The molecule has 0 aliphatic carbocycles. The first-order valence-electron chi connectivity index (χ1n) is 5.60. The molecule has 1 aromatic heterocycles. The summed E-state index contributed by atoms with van der Waals surface area (Å²) in [6.45, 7) is 0.458. The average Bonchev–Trinajstić information content (AvgIpc) is 2.36. The molecule has 0 aliphatic heterocycles. The molecule has 2 rings (SSSR count). The van der Waals surface area contributed by atoms with Crippen molar-refractivity contribution in [3.63, 3.8) is 0 Å². The Balaban J connectivity index is 2.21. The number of pyridine rings is 1. The average molecular weight is 297 g/mol. The van der Waals surface area contributed by atoms with Crippen molar-refractivity contribution in [2.45, 2.75) is 11.4 Å². The van der Waals surface area contributed by atoms with Gasteiger partial charge in [-0.1, -0.05) is 23.7 Å². The molecule has 1 heterocycles. The van der Waals surface area contributed by atoms with E-state index in [-0.39, 0.29) is 4.90 Å². The summed E-state index contributed by atoms with van der Waals surface area (Å²) in [6, 6.07) is 10.5. The van der Waals surface area contributed by atoms with Crippen molar-refractivity contribution in [2.75, 3.05) is 11.6 Å². The first kappa shape index (κ1) is 13.8. The highest BCUT2D eigenvalue weighted by Gasteiger charge is 2.13. The number of sulfone groups is 1. The maximum Gasteiger partial charge on any atom is 0.179 e. The third kappa shape index (κ3) is 3.68. The van der Waals surface area contributed by atoms with Crippen molar-refractivity contribution in [1.29, 1.82) is 0 Å². The van der Waals surface area contributed by atoms with Gasteiger partial charge in [0.25, 0.3) is 0 Å². The molecule has 0 saturated carbocycles. The molecular weight excluding hydrogens is 284 g/mol. The summed E-state index contributed by atoms with van der Waals surface area (Å²) in [6.07, 6.45) is 2.71. The second kappa shape index (κ2) is 5.59. The normalized spacial score (nSPS) is 11.3. The zero-order valence-electron chi connectivity index (χ0n) is 10.3. The lowest BCUT2D eigenvalue weighted by Crippen LogP contribution is -2.07. The Bertz CT molecular complexity index is 687. The van der Waals surface area contributed by atoms with Crippen LogP contribution in [0.4, 0.5) is 5.82 Å². The van der Waals surface area contributed by atoms with E-state index in [1.165, 1.54) is 6.07 Å². The Hall–Kier alpha value is -1.59. The van der Waals surface area contributed by atoms with E-state index >= 15 is 0 Å². The summed E-state index contributed by atoms with van der Waals surface area (Å²) < 4.78 is 23.2. The Morgan fingerprint density at radius 3 is 2.74 bits per heavy atom. The second-order valence-corrected chi connectivity index (χ2v) is 6.53. The molecule has 0 spiro atoms. The molecule has 2 aromatic rings. The minimum Gasteiger partial charge on any atom is -0.365 e. The van der Waals surface area contributed by atoms with Gasteiger partial charge in [0, 0.05) is 24.0 Å². The van der Waals surface area contributed by atoms with Crippen LogP contribution >= 0.6 is 11.6 Å². The fourth-order valence-electron chi connectivity index (χ4n) is 1.66. The van der Waals surface area contributed by atoms with E-state index in [0.29, 0.717) is 17.4 Å². The number of hydrogen-bond donors (Lipinski definition) is 1. The molecule has 0 saturated heterocycles. The van der Waals surface area contributed by atoms with Gasteiger partial charge in [-0.3, -0.25) is 0 Å². The van der Waals surface area contributed by atoms with E-state index in [0.717, 1.165) is 11.8 Å². The molecule has 0 amide bonds. The summed E-state index contributed by atoms with van der Waals surface area (Å²) in [4.78, 5) is 4.25. The van der Waals surface area contributed by atoms with E-state index in [2.05, 4.69) is 10.3 Å². The van der Waals surface area contributed by atoms with Gasteiger partial charge in [-0.2, -0.15) is 0 Å². The maximum absolute atomic E-state index is 11.6. The zero-order chi connectivity index (χ0) is 13.9. The lowest BCUT2D eigenvalue weighted by molar-refractivity contribution is 0.601. The van der Waals surface area contributed by atoms with Crippen LogP contribution in [0.3, 0.4) is 0 Å². The Morgan fingerprint density at radius 2 is 2.05 bits per heavy atom. The summed E-state index contributed by atoms with van der Waals surface area (Å²) in [7, 11) is -3.30. The van der Waals surface area contributed by atoms with Crippen molar-refractivity contribution in [3.05, 3.63) is 53.2 Å². The minimum absolute atomic E-state index is 0.192. The molecule has 0 unspecified atom stereocenters. The van der Waals surface area contributed by atoms with Crippen LogP contribution in [0, 0.1) is 0 Å². The number of aromatic nitrogens is 1. The largest absolute Gasteiger partial charge is 0.365 e. The first-order valence-corrected chi connectivity index (χ1v) is 7.87. The molecule has 1 aromatic carbocycles. The van der Waals surface area contributed by atoms with Crippen molar-refractivity contribution in [3.8, 4) is 0 Å². The highest BCUT2D eigenvalue weighted by molar-refractivity contribution is 7.90. The number of halogens is 1. The van der Waals surface area contributed by atoms with Crippen LogP contribution in [0.5, 0.6) is 0 Å². The van der Waals surface area contributed by atoms with Gasteiger partial charge in [-0.25, -0.2) is 13.4 Å². The van der Waals surface area contributed by atoms with Gasteiger partial charge in [0.2, 0.25) is 0 Å². The number of rotatable bonds is 4. The molecule has 4 nitrogen and oxygen atoms in total. The van der Waals surface area contributed by atoms with Crippen LogP contribution in [0.2, 0.25) is 5.02 Å². The van der Waals surface area contributed by atoms with Crippen LogP contribution in [-0.4, -0.2) is 19.7 Å². The molecule has 0 fully saturated rings. The highest BCUT2D eigenvalue weighted by atomic mass is 35.5. The number of benzene rings is 1. The minimum atomic E-state index is -3.30. The molecule has 1 N–H and O–H groups in total. The Kier molecular flexibility index (Phi) is 4.07. The number of anilines is 1. The number of hydrogen-bond acceptors (Lipinski definition) is 4. The van der Waals surface area contributed by atoms with E-state index in [1.54, 1.807) is 18.3 Å². The highest BCUT2D eigenvalue weighted by Crippen LogP contribution is 2.19. The lowest BCUT2D eigenvalue weighted by atomic mass is 10.2. The monoisotopic (exact) mass is 296 g/mol. The fourth-order valence-corrected chi connectivity index (χ4v) is 2.67. The van der Waals surface area contributed by atoms with Gasteiger partial charge < -0.3 is 5.32 Å².